The Hall–Kier alpha value is -1.13. The fourth-order valence-electron chi connectivity index (χ4n) is 1.47. The van der Waals surface area contributed by atoms with Crippen molar-refractivity contribution in [2.45, 2.75) is 20.3 Å². The van der Waals surface area contributed by atoms with Crippen LogP contribution in [0.1, 0.15) is 29.8 Å². The van der Waals surface area contributed by atoms with Crippen LogP contribution >= 0.6 is 23.2 Å². The van der Waals surface area contributed by atoms with Gasteiger partial charge in [-0.05, 0) is 18.9 Å². The average Bonchev–Trinajstić information content (AvgIpc) is 2.31. The summed E-state index contributed by atoms with van der Waals surface area (Å²) in [5.41, 5.74) is 0.215. The Labute approximate surface area is 109 Å². The minimum atomic E-state index is -0.717. The van der Waals surface area contributed by atoms with Crippen molar-refractivity contribution >= 4 is 29.2 Å². The molecule has 0 bridgehead atoms. The van der Waals surface area contributed by atoms with Gasteiger partial charge >= 0.3 is 5.97 Å². The first kappa shape index (κ1) is 13.9. The molecule has 0 saturated heterocycles. The maximum Gasteiger partial charge on any atom is 0.342 e. The number of halogens is 2. The number of phenols is 2. The second-order valence-electron chi connectivity index (χ2n) is 3.25. The van der Waals surface area contributed by atoms with Crippen LogP contribution in [-0.4, -0.2) is 22.8 Å². The van der Waals surface area contributed by atoms with Crippen molar-refractivity contribution in [3.05, 3.63) is 21.2 Å². The van der Waals surface area contributed by atoms with Gasteiger partial charge in [0.25, 0.3) is 0 Å². The fourth-order valence-corrected chi connectivity index (χ4v) is 2.03. The molecule has 6 heteroatoms. The molecule has 0 saturated carbocycles. The smallest absolute Gasteiger partial charge is 0.342 e. The topological polar surface area (TPSA) is 66.8 Å². The summed E-state index contributed by atoms with van der Waals surface area (Å²) in [5, 5.41) is 18.9. The summed E-state index contributed by atoms with van der Waals surface area (Å²) >= 11 is 11.5. The minimum Gasteiger partial charge on any atom is -0.505 e. The molecule has 0 unspecified atom stereocenters. The normalized spacial score (nSPS) is 10.4. The van der Waals surface area contributed by atoms with Crippen molar-refractivity contribution in [3.63, 3.8) is 0 Å². The number of esters is 1. The van der Waals surface area contributed by atoms with Crippen LogP contribution in [0.3, 0.4) is 0 Å². The molecule has 1 rings (SSSR count). The van der Waals surface area contributed by atoms with Gasteiger partial charge in [0.05, 0.1) is 11.6 Å². The quantitative estimate of drug-likeness (QED) is 0.834. The molecule has 0 radical (unpaired) electrons. The van der Waals surface area contributed by atoms with Gasteiger partial charge in [-0.25, -0.2) is 4.79 Å². The largest absolute Gasteiger partial charge is 0.505 e. The number of phenolic OH excluding ortho intramolecular Hbond substituents is 2. The molecule has 0 heterocycles. The van der Waals surface area contributed by atoms with Crippen LogP contribution in [0.25, 0.3) is 0 Å². The number of hydrogen-bond acceptors (Lipinski definition) is 4. The number of hydrogen-bond donors (Lipinski definition) is 2. The van der Waals surface area contributed by atoms with Crippen LogP contribution in [-0.2, 0) is 11.2 Å². The van der Waals surface area contributed by atoms with Gasteiger partial charge in [0.2, 0.25) is 0 Å². The second-order valence-corrected chi connectivity index (χ2v) is 4.01. The average molecular weight is 279 g/mol. The highest BCUT2D eigenvalue weighted by atomic mass is 35.5. The Morgan fingerprint density at radius 3 is 2.24 bits per heavy atom. The molecule has 4 nitrogen and oxygen atoms in total. The maximum atomic E-state index is 11.7. The molecule has 1 aromatic rings. The zero-order valence-corrected chi connectivity index (χ0v) is 10.9. The lowest BCUT2D eigenvalue weighted by Gasteiger charge is -2.14. The van der Waals surface area contributed by atoms with Crippen molar-refractivity contribution in [1.29, 1.82) is 0 Å². The van der Waals surface area contributed by atoms with Gasteiger partial charge in [-0.2, -0.15) is 0 Å². The van der Waals surface area contributed by atoms with E-state index in [0.717, 1.165) is 0 Å². The Morgan fingerprint density at radius 1 is 1.18 bits per heavy atom. The maximum absolute atomic E-state index is 11.7. The predicted molar refractivity (Wildman–Crippen MR) is 65.1 cm³/mol. The Balaban J connectivity index is 3.52. The van der Waals surface area contributed by atoms with Gasteiger partial charge in [-0.3, -0.25) is 0 Å². The molecule has 0 spiro atoms. The standard InChI is InChI=1S/C11H12Cl2O4/c1-3-5-6(11(16)17-4-2)9(14)8(13)10(15)7(5)12/h14-15H,3-4H2,1-2H3. The van der Waals surface area contributed by atoms with Crippen molar-refractivity contribution in [2.24, 2.45) is 0 Å². The van der Waals surface area contributed by atoms with Crippen LogP contribution in [0.5, 0.6) is 11.5 Å². The first-order valence-electron chi connectivity index (χ1n) is 5.04. The zero-order chi connectivity index (χ0) is 13.2. The summed E-state index contributed by atoms with van der Waals surface area (Å²) in [5.74, 6) is -1.66. The number of benzene rings is 1. The van der Waals surface area contributed by atoms with Gasteiger partial charge in [-0.15, -0.1) is 0 Å². The summed E-state index contributed by atoms with van der Waals surface area (Å²) in [4.78, 5) is 11.7. The van der Waals surface area contributed by atoms with Crippen LogP contribution in [0.2, 0.25) is 10.0 Å². The number of carbonyl (C=O) groups excluding carboxylic acids is 1. The van der Waals surface area contributed by atoms with Gasteiger partial charge in [-0.1, -0.05) is 30.1 Å². The monoisotopic (exact) mass is 278 g/mol. The Kier molecular flexibility index (Phi) is 4.48. The third-order valence-corrected chi connectivity index (χ3v) is 3.03. The molecule has 0 aliphatic heterocycles. The number of carbonyl (C=O) groups is 1. The lowest BCUT2D eigenvalue weighted by Crippen LogP contribution is -2.09. The lowest BCUT2D eigenvalue weighted by atomic mass is 10.0. The molecule has 0 amide bonds. The Morgan fingerprint density at radius 2 is 1.76 bits per heavy atom. The van der Waals surface area contributed by atoms with E-state index in [1.807, 2.05) is 0 Å². The van der Waals surface area contributed by atoms with E-state index in [0.29, 0.717) is 12.0 Å². The number of ether oxygens (including phenoxy) is 1. The second kappa shape index (κ2) is 5.47. The third kappa shape index (κ3) is 2.42. The molecule has 1 aromatic carbocycles. The molecular weight excluding hydrogens is 267 g/mol. The molecule has 0 aliphatic rings. The summed E-state index contributed by atoms with van der Waals surface area (Å²) in [6, 6.07) is 0. The fraction of sp³-hybridized carbons (Fsp3) is 0.364. The first-order chi connectivity index (χ1) is 7.95. The summed E-state index contributed by atoms with van der Waals surface area (Å²) in [6.45, 7) is 3.54. The highest BCUT2D eigenvalue weighted by Gasteiger charge is 2.25. The molecule has 2 N–H and O–H groups in total. The van der Waals surface area contributed by atoms with Crippen molar-refractivity contribution in [1.82, 2.24) is 0 Å². The van der Waals surface area contributed by atoms with Crippen molar-refractivity contribution < 1.29 is 19.7 Å². The highest BCUT2D eigenvalue weighted by Crippen LogP contribution is 2.44. The minimum absolute atomic E-state index is 0.0432. The van der Waals surface area contributed by atoms with E-state index in [9.17, 15) is 15.0 Å². The van der Waals surface area contributed by atoms with E-state index >= 15 is 0 Å². The SMILES string of the molecule is CCOC(=O)c1c(O)c(Cl)c(O)c(Cl)c1CC. The van der Waals surface area contributed by atoms with Gasteiger partial charge in [0.15, 0.2) is 11.5 Å². The molecular formula is C11H12Cl2O4. The summed E-state index contributed by atoms with van der Waals surface area (Å²) < 4.78 is 4.80. The molecule has 0 aromatic heterocycles. The van der Waals surface area contributed by atoms with E-state index < -0.39 is 17.5 Å². The van der Waals surface area contributed by atoms with Crippen LogP contribution < -0.4 is 0 Å². The highest BCUT2D eigenvalue weighted by molar-refractivity contribution is 6.39. The Bertz CT molecular complexity index is 458. The van der Waals surface area contributed by atoms with Crippen LogP contribution in [0, 0.1) is 0 Å². The molecule has 0 aliphatic carbocycles. The zero-order valence-electron chi connectivity index (χ0n) is 9.38. The van der Waals surface area contributed by atoms with Gasteiger partial charge in [0.1, 0.15) is 10.6 Å². The molecule has 94 valence electrons. The molecule has 0 atom stereocenters. The van der Waals surface area contributed by atoms with E-state index in [1.165, 1.54) is 0 Å². The van der Waals surface area contributed by atoms with E-state index in [1.54, 1.807) is 13.8 Å². The number of aromatic hydroxyl groups is 2. The number of rotatable bonds is 3. The van der Waals surface area contributed by atoms with E-state index in [2.05, 4.69) is 0 Å². The van der Waals surface area contributed by atoms with E-state index in [4.69, 9.17) is 27.9 Å². The van der Waals surface area contributed by atoms with Crippen LogP contribution in [0.4, 0.5) is 0 Å². The van der Waals surface area contributed by atoms with E-state index in [-0.39, 0.29) is 22.2 Å². The van der Waals surface area contributed by atoms with Gasteiger partial charge < -0.3 is 14.9 Å². The van der Waals surface area contributed by atoms with Crippen molar-refractivity contribution in [3.8, 4) is 11.5 Å². The van der Waals surface area contributed by atoms with Crippen molar-refractivity contribution in [2.75, 3.05) is 6.61 Å². The third-order valence-electron chi connectivity index (χ3n) is 2.26. The van der Waals surface area contributed by atoms with Gasteiger partial charge in [0, 0.05) is 0 Å². The van der Waals surface area contributed by atoms with Crippen LogP contribution in [0.15, 0.2) is 0 Å². The first-order valence-corrected chi connectivity index (χ1v) is 5.80. The summed E-state index contributed by atoms with van der Waals surface area (Å²) in [6.07, 6.45) is 0.352. The molecule has 0 fully saturated rings. The lowest BCUT2D eigenvalue weighted by molar-refractivity contribution is 0.0522. The summed E-state index contributed by atoms with van der Waals surface area (Å²) in [7, 11) is 0. The predicted octanol–water partition coefficient (Wildman–Crippen LogP) is 3.14. The molecule has 17 heavy (non-hydrogen) atoms.